The van der Waals surface area contributed by atoms with Crippen LogP contribution in [0.25, 0.3) is 0 Å². The zero-order chi connectivity index (χ0) is 14.7. The van der Waals surface area contributed by atoms with E-state index in [0.29, 0.717) is 30.2 Å². The van der Waals surface area contributed by atoms with Gasteiger partial charge in [0.2, 0.25) is 0 Å². The van der Waals surface area contributed by atoms with Gasteiger partial charge in [0.05, 0.1) is 12.1 Å². The molecule has 4 nitrogen and oxygen atoms in total. The summed E-state index contributed by atoms with van der Waals surface area (Å²) in [6, 6.07) is 2.10. The molecule has 0 saturated heterocycles. The van der Waals surface area contributed by atoms with Gasteiger partial charge in [-0.25, -0.2) is 4.79 Å². The summed E-state index contributed by atoms with van der Waals surface area (Å²) in [4.78, 5) is 10.8. The van der Waals surface area contributed by atoms with Crippen LogP contribution in [0.3, 0.4) is 0 Å². The molecule has 0 aromatic carbocycles. The average molecular weight is 279 g/mol. The Balaban J connectivity index is 1.94. The molecule has 1 aromatic rings. The minimum absolute atomic E-state index is 0.222. The van der Waals surface area contributed by atoms with Crippen LogP contribution in [0.1, 0.15) is 56.2 Å². The van der Waals surface area contributed by atoms with E-state index in [1.165, 1.54) is 25.5 Å². The Labute approximate surface area is 120 Å². The van der Waals surface area contributed by atoms with Crippen LogP contribution in [0.5, 0.6) is 0 Å². The van der Waals surface area contributed by atoms with Gasteiger partial charge < -0.3 is 14.8 Å². The minimum Gasteiger partial charge on any atom is -0.478 e. The predicted octanol–water partition coefficient (Wildman–Crippen LogP) is 3.53. The van der Waals surface area contributed by atoms with E-state index in [9.17, 15) is 4.79 Å². The van der Waals surface area contributed by atoms with E-state index in [4.69, 9.17) is 9.52 Å². The van der Waals surface area contributed by atoms with E-state index < -0.39 is 5.97 Å². The fraction of sp³-hybridized carbons (Fsp3) is 0.688. The second-order valence-electron chi connectivity index (χ2n) is 6.42. The van der Waals surface area contributed by atoms with Gasteiger partial charge in [-0.1, -0.05) is 27.2 Å². The molecule has 112 valence electrons. The van der Waals surface area contributed by atoms with Gasteiger partial charge in [-0.15, -0.1) is 0 Å². The predicted molar refractivity (Wildman–Crippen MR) is 77.6 cm³/mol. The molecule has 0 amide bonds. The van der Waals surface area contributed by atoms with Crippen LogP contribution >= 0.6 is 0 Å². The summed E-state index contributed by atoms with van der Waals surface area (Å²) >= 11 is 0. The van der Waals surface area contributed by atoms with Crippen molar-refractivity contribution in [2.75, 3.05) is 0 Å². The second-order valence-corrected chi connectivity index (χ2v) is 6.42. The van der Waals surface area contributed by atoms with Gasteiger partial charge in [-0.2, -0.15) is 0 Å². The fourth-order valence-electron chi connectivity index (χ4n) is 3.25. The van der Waals surface area contributed by atoms with E-state index in [2.05, 4.69) is 26.1 Å². The van der Waals surface area contributed by atoms with E-state index in [1.54, 1.807) is 6.07 Å². The summed E-state index contributed by atoms with van der Waals surface area (Å²) in [5, 5.41) is 12.4. The highest BCUT2D eigenvalue weighted by Crippen LogP contribution is 2.33. The van der Waals surface area contributed by atoms with E-state index in [1.807, 2.05) is 0 Å². The standard InChI is InChI=1S/C16H25NO3/c1-10(2)14-5-4-11(3)6-15(14)17-8-13-7-12(9-20-13)16(18)19/h7,9-11,14-15,17H,4-6,8H2,1-3H3,(H,18,19). The molecule has 0 radical (unpaired) electrons. The number of hydrogen-bond donors (Lipinski definition) is 2. The van der Waals surface area contributed by atoms with Crippen LogP contribution in [0, 0.1) is 17.8 Å². The van der Waals surface area contributed by atoms with Gasteiger partial charge in [0, 0.05) is 6.04 Å². The molecule has 2 N–H and O–H groups in total. The van der Waals surface area contributed by atoms with Crippen LogP contribution < -0.4 is 5.32 Å². The number of rotatable bonds is 5. The summed E-state index contributed by atoms with van der Waals surface area (Å²) in [6.45, 7) is 7.48. The summed E-state index contributed by atoms with van der Waals surface area (Å²) in [7, 11) is 0. The molecule has 1 aromatic heterocycles. The van der Waals surface area contributed by atoms with Crippen molar-refractivity contribution in [2.24, 2.45) is 17.8 Å². The first kappa shape index (κ1) is 15.1. The van der Waals surface area contributed by atoms with Gasteiger partial charge in [-0.3, -0.25) is 0 Å². The van der Waals surface area contributed by atoms with Crippen molar-refractivity contribution < 1.29 is 14.3 Å². The van der Waals surface area contributed by atoms with E-state index in [-0.39, 0.29) is 5.56 Å². The normalized spacial score (nSPS) is 26.9. The van der Waals surface area contributed by atoms with Crippen molar-refractivity contribution >= 4 is 5.97 Å². The number of nitrogens with one attached hydrogen (secondary N) is 1. The molecule has 1 aliphatic carbocycles. The maximum Gasteiger partial charge on any atom is 0.338 e. The molecule has 1 fully saturated rings. The lowest BCUT2D eigenvalue weighted by atomic mass is 9.74. The third-order valence-corrected chi connectivity index (χ3v) is 4.46. The molecule has 1 saturated carbocycles. The topological polar surface area (TPSA) is 62.5 Å². The van der Waals surface area contributed by atoms with Crippen molar-refractivity contribution in [3.05, 3.63) is 23.7 Å². The quantitative estimate of drug-likeness (QED) is 0.865. The molecule has 0 spiro atoms. The van der Waals surface area contributed by atoms with Crippen molar-refractivity contribution in [1.82, 2.24) is 5.32 Å². The van der Waals surface area contributed by atoms with Gasteiger partial charge in [-0.05, 0) is 36.7 Å². The first-order chi connectivity index (χ1) is 9.47. The van der Waals surface area contributed by atoms with Crippen molar-refractivity contribution in [3.63, 3.8) is 0 Å². The number of carboxylic acids is 1. The highest BCUT2D eigenvalue weighted by Gasteiger charge is 2.30. The Morgan fingerprint density at radius 1 is 1.50 bits per heavy atom. The molecule has 1 aliphatic rings. The highest BCUT2D eigenvalue weighted by atomic mass is 16.4. The molecule has 0 aliphatic heterocycles. The molecule has 3 unspecified atom stereocenters. The van der Waals surface area contributed by atoms with E-state index in [0.717, 1.165) is 5.92 Å². The van der Waals surface area contributed by atoms with Crippen LogP contribution in [0.4, 0.5) is 0 Å². The zero-order valence-electron chi connectivity index (χ0n) is 12.6. The van der Waals surface area contributed by atoms with Gasteiger partial charge in [0.25, 0.3) is 0 Å². The summed E-state index contributed by atoms with van der Waals surface area (Å²) in [5.74, 6) is 1.88. The largest absolute Gasteiger partial charge is 0.478 e. The Bertz CT molecular complexity index is 452. The summed E-state index contributed by atoms with van der Waals surface area (Å²) in [6.07, 6.45) is 5.08. The molecular formula is C16H25NO3. The van der Waals surface area contributed by atoms with Crippen LogP contribution in [0.2, 0.25) is 0 Å². The lowest BCUT2D eigenvalue weighted by Gasteiger charge is -2.37. The number of furan rings is 1. The second kappa shape index (κ2) is 6.44. The van der Waals surface area contributed by atoms with Crippen LogP contribution in [-0.2, 0) is 6.54 Å². The number of aromatic carboxylic acids is 1. The number of carbonyl (C=O) groups is 1. The maximum absolute atomic E-state index is 10.8. The van der Waals surface area contributed by atoms with Crippen molar-refractivity contribution in [1.29, 1.82) is 0 Å². The van der Waals surface area contributed by atoms with Gasteiger partial charge >= 0.3 is 5.97 Å². The summed E-state index contributed by atoms with van der Waals surface area (Å²) in [5.41, 5.74) is 0.222. The SMILES string of the molecule is CC1CCC(C(C)C)C(NCc2cc(C(=O)O)co2)C1. The summed E-state index contributed by atoms with van der Waals surface area (Å²) < 4.78 is 5.30. The lowest BCUT2D eigenvalue weighted by molar-refractivity contribution is 0.0696. The molecule has 0 bridgehead atoms. The van der Waals surface area contributed by atoms with Crippen LogP contribution in [0.15, 0.2) is 16.7 Å². The first-order valence-corrected chi connectivity index (χ1v) is 7.51. The molecule has 1 heterocycles. The minimum atomic E-state index is -0.939. The molecule has 2 rings (SSSR count). The van der Waals surface area contributed by atoms with E-state index >= 15 is 0 Å². The average Bonchev–Trinajstić information content (AvgIpc) is 2.85. The Morgan fingerprint density at radius 3 is 2.85 bits per heavy atom. The first-order valence-electron chi connectivity index (χ1n) is 7.51. The number of hydrogen-bond acceptors (Lipinski definition) is 3. The molecule has 3 atom stereocenters. The smallest absolute Gasteiger partial charge is 0.338 e. The molecule has 20 heavy (non-hydrogen) atoms. The fourth-order valence-corrected chi connectivity index (χ4v) is 3.25. The third-order valence-electron chi connectivity index (χ3n) is 4.46. The molecule has 4 heteroatoms. The zero-order valence-corrected chi connectivity index (χ0v) is 12.6. The monoisotopic (exact) mass is 279 g/mol. The van der Waals surface area contributed by atoms with Gasteiger partial charge in [0.15, 0.2) is 0 Å². The highest BCUT2D eigenvalue weighted by molar-refractivity contribution is 5.87. The Hall–Kier alpha value is -1.29. The lowest BCUT2D eigenvalue weighted by Crippen LogP contribution is -2.42. The van der Waals surface area contributed by atoms with Gasteiger partial charge in [0.1, 0.15) is 12.0 Å². The van der Waals surface area contributed by atoms with Crippen molar-refractivity contribution in [2.45, 2.75) is 52.6 Å². The Morgan fingerprint density at radius 2 is 2.25 bits per heavy atom. The third kappa shape index (κ3) is 3.63. The van der Waals surface area contributed by atoms with Crippen LogP contribution in [-0.4, -0.2) is 17.1 Å². The number of carboxylic acid groups (broad SMARTS) is 1. The maximum atomic E-state index is 10.8. The Kier molecular flexibility index (Phi) is 4.86. The van der Waals surface area contributed by atoms with Crippen molar-refractivity contribution in [3.8, 4) is 0 Å². The molecular weight excluding hydrogens is 254 g/mol.